The molecule has 0 saturated heterocycles. The van der Waals surface area contributed by atoms with Gasteiger partial charge in [-0.25, -0.2) is 4.98 Å². The minimum Gasteiger partial charge on any atom is -0.508 e. The number of phenols is 1. The number of nitrogens with one attached hydrogen (secondary N) is 1. The molecule has 24 heavy (non-hydrogen) atoms. The van der Waals surface area contributed by atoms with Gasteiger partial charge in [-0.1, -0.05) is 30.3 Å². The van der Waals surface area contributed by atoms with Gasteiger partial charge in [-0.15, -0.1) is 11.8 Å². The van der Waals surface area contributed by atoms with Crippen LogP contribution in [0.5, 0.6) is 5.75 Å². The lowest BCUT2D eigenvalue weighted by Crippen LogP contribution is -2.12. The summed E-state index contributed by atoms with van der Waals surface area (Å²) in [6.07, 6.45) is 1.74. The van der Waals surface area contributed by atoms with Crippen molar-refractivity contribution in [1.29, 1.82) is 0 Å². The molecule has 2 N–H and O–H groups in total. The Labute approximate surface area is 143 Å². The molecule has 1 aliphatic rings. The molecule has 0 spiro atoms. The molecule has 1 amide bonds. The number of hydrogen-bond acceptors (Lipinski definition) is 4. The number of aromatic hydroxyl groups is 1. The molecule has 0 fully saturated rings. The van der Waals surface area contributed by atoms with E-state index in [9.17, 15) is 9.90 Å². The van der Waals surface area contributed by atoms with E-state index in [1.807, 2.05) is 47.0 Å². The number of aromatic nitrogens is 2. The molecule has 1 aliphatic heterocycles. The first-order chi connectivity index (χ1) is 11.7. The molecule has 0 unspecified atom stereocenters. The Kier molecular flexibility index (Phi) is 3.74. The number of thioether (sulfide) groups is 1. The zero-order valence-corrected chi connectivity index (χ0v) is 13.5. The van der Waals surface area contributed by atoms with E-state index in [0.29, 0.717) is 11.6 Å². The summed E-state index contributed by atoms with van der Waals surface area (Å²) in [6, 6.07) is 17.0. The number of nitrogens with zero attached hydrogens (tertiary/aromatic N) is 2. The van der Waals surface area contributed by atoms with E-state index in [-0.39, 0.29) is 16.9 Å². The summed E-state index contributed by atoms with van der Waals surface area (Å²) in [7, 11) is 0. The number of hydrogen-bond donors (Lipinski definition) is 2. The maximum atomic E-state index is 12.0. The van der Waals surface area contributed by atoms with Gasteiger partial charge in [0.25, 0.3) is 0 Å². The highest BCUT2D eigenvalue weighted by Crippen LogP contribution is 2.42. The Morgan fingerprint density at radius 2 is 1.88 bits per heavy atom. The van der Waals surface area contributed by atoms with Gasteiger partial charge in [-0.05, 0) is 29.8 Å². The molecule has 3 aromatic rings. The molecule has 1 aromatic heterocycles. The van der Waals surface area contributed by atoms with Gasteiger partial charge in [0, 0.05) is 5.69 Å². The number of carbonyl (C=O) groups is 1. The number of amides is 1. The number of carbonyl (C=O) groups excluding carboxylic acids is 1. The fraction of sp³-hybridized carbons (Fsp3) is 0.111. The van der Waals surface area contributed by atoms with Crippen LogP contribution in [0.15, 0.2) is 60.9 Å². The number of fused-ring (bicyclic) bond motifs is 1. The van der Waals surface area contributed by atoms with Gasteiger partial charge < -0.3 is 10.4 Å². The summed E-state index contributed by atoms with van der Waals surface area (Å²) in [4.78, 5) is 16.4. The first-order valence-electron chi connectivity index (χ1n) is 7.55. The van der Waals surface area contributed by atoms with Crippen LogP contribution < -0.4 is 5.32 Å². The third kappa shape index (κ3) is 2.65. The van der Waals surface area contributed by atoms with Crippen LogP contribution in [0.2, 0.25) is 0 Å². The standard InChI is InChI=1S/C18H15N3O2S/c22-14-8-6-12(7-9-14)17-16-18(20-15(23)10-24-17)19-11-21(16)13-4-2-1-3-5-13/h1-9,11,17,22H,10H2,(H,20,23)/t17-/m1/s1. The second-order valence-corrected chi connectivity index (χ2v) is 6.61. The molecule has 2 aromatic carbocycles. The van der Waals surface area contributed by atoms with Crippen molar-refractivity contribution in [2.75, 3.05) is 11.1 Å². The van der Waals surface area contributed by atoms with E-state index in [1.165, 1.54) is 0 Å². The molecule has 4 rings (SSSR count). The Hall–Kier alpha value is -2.73. The topological polar surface area (TPSA) is 67.1 Å². The maximum Gasteiger partial charge on any atom is 0.235 e. The summed E-state index contributed by atoms with van der Waals surface area (Å²) in [6.45, 7) is 0. The van der Waals surface area contributed by atoms with Gasteiger partial charge in [-0.3, -0.25) is 9.36 Å². The number of imidazole rings is 1. The minimum absolute atomic E-state index is 0.0535. The molecule has 6 heteroatoms. The van der Waals surface area contributed by atoms with Crippen LogP contribution in [0.4, 0.5) is 5.82 Å². The monoisotopic (exact) mass is 337 g/mol. The third-order valence-electron chi connectivity index (χ3n) is 3.92. The van der Waals surface area contributed by atoms with Crippen LogP contribution in [-0.2, 0) is 4.79 Å². The van der Waals surface area contributed by atoms with Crippen molar-refractivity contribution in [2.24, 2.45) is 0 Å². The van der Waals surface area contributed by atoms with Crippen LogP contribution >= 0.6 is 11.8 Å². The van der Waals surface area contributed by atoms with Crippen molar-refractivity contribution in [3.05, 3.63) is 72.2 Å². The molecule has 0 saturated carbocycles. The van der Waals surface area contributed by atoms with Gasteiger partial charge in [0.2, 0.25) is 5.91 Å². The van der Waals surface area contributed by atoms with Crippen molar-refractivity contribution in [2.45, 2.75) is 5.25 Å². The predicted molar refractivity (Wildman–Crippen MR) is 94.6 cm³/mol. The number of benzene rings is 2. The Morgan fingerprint density at radius 1 is 1.12 bits per heavy atom. The highest BCUT2D eigenvalue weighted by Gasteiger charge is 2.29. The van der Waals surface area contributed by atoms with E-state index < -0.39 is 0 Å². The van der Waals surface area contributed by atoms with Gasteiger partial charge >= 0.3 is 0 Å². The van der Waals surface area contributed by atoms with Crippen molar-refractivity contribution < 1.29 is 9.90 Å². The zero-order valence-electron chi connectivity index (χ0n) is 12.7. The Balaban J connectivity index is 1.87. The molecule has 1 atom stereocenters. The van der Waals surface area contributed by atoms with Crippen LogP contribution in [0.1, 0.15) is 16.5 Å². The normalized spacial score (nSPS) is 17.0. The van der Waals surface area contributed by atoms with Crippen molar-refractivity contribution in [3.63, 3.8) is 0 Å². The smallest absolute Gasteiger partial charge is 0.235 e. The summed E-state index contributed by atoms with van der Waals surface area (Å²) < 4.78 is 2.01. The van der Waals surface area contributed by atoms with Crippen molar-refractivity contribution in [3.8, 4) is 11.4 Å². The summed E-state index contributed by atoms with van der Waals surface area (Å²) >= 11 is 1.55. The largest absolute Gasteiger partial charge is 0.508 e. The second-order valence-electron chi connectivity index (χ2n) is 5.51. The molecule has 5 nitrogen and oxygen atoms in total. The zero-order chi connectivity index (χ0) is 16.5. The van der Waals surface area contributed by atoms with Crippen molar-refractivity contribution in [1.82, 2.24) is 9.55 Å². The average molecular weight is 337 g/mol. The average Bonchev–Trinajstić information content (AvgIpc) is 2.93. The summed E-state index contributed by atoms with van der Waals surface area (Å²) in [5.41, 5.74) is 2.95. The third-order valence-corrected chi connectivity index (χ3v) is 5.18. The fourth-order valence-corrected chi connectivity index (χ4v) is 3.93. The minimum atomic E-state index is -0.0548. The lowest BCUT2D eigenvalue weighted by Gasteiger charge is -2.18. The maximum absolute atomic E-state index is 12.0. The molecule has 0 aliphatic carbocycles. The van der Waals surface area contributed by atoms with Crippen LogP contribution in [-0.4, -0.2) is 26.3 Å². The van der Waals surface area contributed by atoms with E-state index >= 15 is 0 Å². The fourth-order valence-electron chi connectivity index (χ4n) is 2.81. The second kappa shape index (κ2) is 6.05. The molecule has 0 bridgehead atoms. The number of para-hydroxylation sites is 1. The summed E-state index contributed by atoms with van der Waals surface area (Å²) in [5.74, 6) is 1.12. The van der Waals surface area contributed by atoms with Gasteiger partial charge in [0.05, 0.1) is 16.7 Å². The van der Waals surface area contributed by atoms with E-state index in [0.717, 1.165) is 16.9 Å². The number of phenolic OH excluding ortho intramolecular Hbond substituents is 1. The van der Waals surface area contributed by atoms with Gasteiger partial charge in [-0.2, -0.15) is 0 Å². The Morgan fingerprint density at radius 3 is 2.62 bits per heavy atom. The Bertz CT molecular complexity index is 875. The molecule has 120 valence electrons. The van der Waals surface area contributed by atoms with Crippen LogP contribution in [0, 0.1) is 0 Å². The van der Waals surface area contributed by atoms with Crippen molar-refractivity contribution >= 4 is 23.5 Å². The van der Waals surface area contributed by atoms with Gasteiger partial charge in [0.1, 0.15) is 12.1 Å². The summed E-state index contributed by atoms with van der Waals surface area (Å²) in [5, 5.41) is 12.4. The first-order valence-corrected chi connectivity index (χ1v) is 8.60. The lowest BCUT2D eigenvalue weighted by atomic mass is 10.1. The lowest BCUT2D eigenvalue weighted by molar-refractivity contribution is -0.113. The predicted octanol–water partition coefficient (Wildman–Crippen LogP) is 3.35. The molecular formula is C18H15N3O2S. The van der Waals surface area contributed by atoms with E-state index in [2.05, 4.69) is 10.3 Å². The highest BCUT2D eigenvalue weighted by molar-refractivity contribution is 8.00. The quantitative estimate of drug-likeness (QED) is 0.752. The molecule has 0 radical (unpaired) electrons. The highest BCUT2D eigenvalue weighted by atomic mass is 32.2. The number of rotatable bonds is 2. The van der Waals surface area contributed by atoms with Gasteiger partial charge in [0.15, 0.2) is 5.82 Å². The first kappa shape index (κ1) is 14.8. The SMILES string of the molecule is O=C1CS[C@H](c2ccc(O)cc2)c2c(ncn2-c2ccccc2)N1. The van der Waals surface area contributed by atoms with E-state index in [4.69, 9.17) is 0 Å². The molecule has 2 heterocycles. The van der Waals surface area contributed by atoms with Crippen LogP contribution in [0.25, 0.3) is 5.69 Å². The molecular weight excluding hydrogens is 322 g/mol. The van der Waals surface area contributed by atoms with Crippen LogP contribution in [0.3, 0.4) is 0 Å². The number of anilines is 1. The van der Waals surface area contributed by atoms with E-state index in [1.54, 1.807) is 30.2 Å².